The van der Waals surface area contributed by atoms with Crippen LogP contribution in [0.3, 0.4) is 0 Å². The van der Waals surface area contributed by atoms with E-state index < -0.39 is 63.6 Å². The zero-order valence-corrected chi connectivity index (χ0v) is 22.3. The van der Waals surface area contributed by atoms with Crippen molar-refractivity contribution in [1.29, 1.82) is 0 Å². The first-order valence-corrected chi connectivity index (χ1v) is 13.2. The maximum Gasteiger partial charge on any atom is 0.259 e. The van der Waals surface area contributed by atoms with Crippen molar-refractivity contribution in [1.82, 2.24) is 15.1 Å². The second-order valence-corrected chi connectivity index (χ2v) is 11.4. The Hall–Kier alpha value is -3.25. The Morgan fingerprint density at radius 2 is 1.77 bits per heavy atom. The molecule has 11 nitrogen and oxygen atoms in total. The molecule has 0 unspecified atom stereocenters. The third kappa shape index (κ3) is 3.90. The normalized spacial score (nSPS) is 33.1. The van der Waals surface area contributed by atoms with Gasteiger partial charge in [0.05, 0.1) is 23.9 Å². The van der Waals surface area contributed by atoms with Crippen molar-refractivity contribution in [3.63, 3.8) is 0 Å². The molecule has 1 heterocycles. The number of phenolic OH excluding ortho intramolecular Hbond substituents is 1. The average Bonchev–Trinajstić information content (AvgIpc) is 2.88. The number of hydrogen-bond acceptors (Lipinski definition) is 10. The maximum atomic E-state index is 14.1. The van der Waals surface area contributed by atoms with Gasteiger partial charge >= 0.3 is 0 Å². The van der Waals surface area contributed by atoms with E-state index in [2.05, 4.69) is 5.32 Å². The molecule has 0 bridgehead atoms. The molecule has 0 aromatic heterocycles. The van der Waals surface area contributed by atoms with E-state index in [-0.39, 0.29) is 35.5 Å². The summed E-state index contributed by atoms with van der Waals surface area (Å²) in [7, 11) is 3.13. The number of carbonyl (C=O) groups is 3. The van der Waals surface area contributed by atoms with E-state index in [0.717, 1.165) is 32.4 Å². The molecule has 5 rings (SSSR count). The van der Waals surface area contributed by atoms with Crippen LogP contribution in [0.4, 0.5) is 0 Å². The lowest BCUT2D eigenvalue weighted by molar-refractivity contribution is -0.159. The minimum absolute atomic E-state index is 0.137. The molecule has 1 saturated heterocycles. The van der Waals surface area contributed by atoms with Crippen molar-refractivity contribution in [2.75, 3.05) is 33.9 Å². The van der Waals surface area contributed by atoms with Gasteiger partial charge in [0, 0.05) is 17.4 Å². The number of phenols is 1. The molecule has 1 aromatic carbocycles. The first-order chi connectivity index (χ1) is 18.3. The number of aliphatic hydroxyl groups is 4. The quantitative estimate of drug-likeness (QED) is 0.298. The van der Waals surface area contributed by atoms with E-state index in [1.165, 1.54) is 30.0 Å². The lowest BCUT2D eigenvalue weighted by atomic mass is 9.54. The Morgan fingerprint density at radius 1 is 1.10 bits per heavy atom. The number of ketones is 2. The highest BCUT2D eigenvalue weighted by Gasteiger charge is 2.66. The van der Waals surface area contributed by atoms with Gasteiger partial charge in [0.2, 0.25) is 5.78 Å². The second-order valence-electron chi connectivity index (χ2n) is 11.4. The smallest absolute Gasteiger partial charge is 0.259 e. The lowest BCUT2D eigenvalue weighted by Crippen LogP contribution is -2.67. The van der Waals surface area contributed by atoms with Gasteiger partial charge in [0.25, 0.3) is 5.91 Å². The van der Waals surface area contributed by atoms with E-state index in [1.807, 2.05) is 4.90 Å². The number of benzene rings is 1. The van der Waals surface area contributed by atoms with Gasteiger partial charge < -0.3 is 30.8 Å². The van der Waals surface area contributed by atoms with E-state index in [4.69, 9.17) is 0 Å². The van der Waals surface area contributed by atoms with Gasteiger partial charge in [-0.15, -0.1) is 0 Å². The summed E-state index contributed by atoms with van der Waals surface area (Å²) >= 11 is 0. The van der Waals surface area contributed by atoms with Crippen LogP contribution in [-0.4, -0.2) is 98.3 Å². The average molecular weight is 542 g/mol. The Morgan fingerprint density at radius 3 is 2.41 bits per heavy atom. The van der Waals surface area contributed by atoms with Gasteiger partial charge in [-0.05, 0) is 65.0 Å². The molecule has 11 heteroatoms. The molecule has 3 aliphatic carbocycles. The number of likely N-dealkylation sites (tertiary alicyclic amines) is 1. The van der Waals surface area contributed by atoms with Gasteiger partial charge in [0.15, 0.2) is 11.4 Å². The predicted octanol–water partition coefficient (Wildman–Crippen LogP) is 0.703. The van der Waals surface area contributed by atoms with Crippen LogP contribution >= 0.6 is 0 Å². The van der Waals surface area contributed by atoms with Crippen LogP contribution in [0.25, 0.3) is 5.76 Å². The molecular formula is C28H35N3O8. The third-order valence-corrected chi connectivity index (χ3v) is 8.91. The first kappa shape index (κ1) is 27.3. The number of nitrogens with zero attached hydrogens (tertiary/aromatic N) is 2. The Kier molecular flexibility index (Phi) is 6.61. The summed E-state index contributed by atoms with van der Waals surface area (Å²) in [5.41, 5.74) is -5.53. The van der Waals surface area contributed by atoms with Crippen molar-refractivity contribution in [2.24, 2.45) is 11.8 Å². The fourth-order valence-electron chi connectivity index (χ4n) is 6.87. The number of nitrogens with one attached hydrogen (secondary N) is 1. The van der Waals surface area contributed by atoms with E-state index in [9.17, 15) is 39.9 Å². The van der Waals surface area contributed by atoms with Gasteiger partial charge in [-0.3, -0.25) is 24.2 Å². The molecule has 39 heavy (non-hydrogen) atoms. The topological polar surface area (TPSA) is 171 Å². The number of likely N-dealkylation sites (N-methyl/N-ethyl adjacent to an activating group) is 1. The highest BCUT2D eigenvalue weighted by atomic mass is 16.3. The minimum atomic E-state index is -2.72. The molecule has 1 aliphatic heterocycles. The molecule has 1 saturated carbocycles. The minimum Gasteiger partial charge on any atom is -0.508 e. The van der Waals surface area contributed by atoms with Gasteiger partial charge in [-0.1, -0.05) is 18.6 Å². The number of Topliss-reactive ketones (excluding diaryl/α,β-unsaturated/α-hetero) is 2. The monoisotopic (exact) mass is 541 g/mol. The molecule has 6 N–H and O–H groups in total. The molecule has 0 spiro atoms. The summed E-state index contributed by atoms with van der Waals surface area (Å²) in [6.45, 7) is 3.11. The van der Waals surface area contributed by atoms with Gasteiger partial charge in [-0.25, -0.2) is 0 Å². The summed E-state index contributed by atoms with van der Waals surface area (Å²) in [6, 6.07) is 3.12. The van der Waals surface area contributed by atoms with Crippen molar-refractivity contribution in [3.8, 4) is 5.75 Å². The van der Waals surface area contributed by atoms with Gasteiger partial charge in [-0.2, -0.15) is 0 Å². The Balaban J connectivity index is 1.63. The highest BCUT2D eigenvalue weighted by Crippen LogP contribution is 2.57. The van der Waals surface area contributed by atoms with Crippen LogP contribution in [0.15, 0.2) is 35.1 Å². The zero-order valence-electron chi connectivity index (χ0n) is 22.3. The van der Waals surface area contributed by atoms with Crippen molar-refractivity contribution in [2.45, 2.75) is 49.9 Å². The van der Waals surface area contributed by atoms with Crippen molar-refractivity contribution in [3.05, 3.63) is 46.2 Å². The number of amides is 1. The zero-order chi connectivity index (χ0) is 28.4. The van der Waals surface area contributed by atoms with E-state index in [0.29, 0.717) is 0 Å². The van der Waals surface area contributed by atoms with Crippen molar-refractivity contribution >= 4 is 23.2 Å². The summed E-state index contributed by atoms with van der Waals surface area (Å²) in [4.78, 5) is 44.5. The van der Waals surface area contributed by atoms with Crippen molar-refractivity contribution < 1.29 is 39.9 Å². The fourth-order valence-corrected chi connectivity index (χ4v) is 6.87. The number of aromatic hydroxyl groups is 1. The number of carbonyl (C=O) groups excluding carboxylic acids is 3. The van der Waals surface area contributed by atoms with Crippen LogP contribution in [0.1, 0.15) is 43.7 Å². The summed E-state index contributed by atoms with van der Waals surface area (Å²) in [5.74, 6) is -7.17. The second kappa shape index (κ2) is 9.44. The van der Waals surface area contributed by atoms with Crippen LogP contribution in [0.5, 0.6) is 5.75 Å². The predicted molar refractivity (Wildman–Crippen MR) is 139 cm³/mol. The van der Waals surface area contributed by atoms with Crippen LogP contribution in [0, 0.1) is 11.8 Å². The largest absolute Gasteiger partial charge is 0.508 e. The molecule has 5 atom stereocenters. The number of hydrogen-bond donors (Lipinski definition) is 6. The number of aliphatic hydroxyl groups excluding tert-OH is 2. The van der Waals surface area contributed by atoms with Crippen LogP contribution in [0.2, 0.25) is 0 Å². The molecule has 2 fully saturated rings. The van der Waals surface area contributed by atoms with E-state index >= 15 is 0 Å². The number of piperidine rings is 1. The van der Waals surface area contributed by atoms with Crippen LogP contribution < -0.4 is 5.32 Å². The Bertz CT molecular complexity index is 1310. The Labute approximate surface area is 226 Å². The number of fused-ring (bicyclic) bond motifs is 3. The molecule has 0 radical (unpaired) electrons. The molecule has 210 valence electrons. The summed E-state index contributed by atoms with van der Waals surface area (Å²) < 4.78 is 0. The lowest BCUT2D eigenvalue weighted by Gasteiger charge is -2.53. The number of rotatable bonds is 4. The fraction of sp³-hybridized carbons (Fsp3) is 0.536. The highest BCUT2D eigenvalue weighted by molar-refractivity contribution is 6.25. The third-order valence-electron chi connectivity index (χ3n) is 8.91. The molecule has 1 amide bonds. The molecular weight excluding hydrogens is 506 g/mol. The first-order valence-electron chi connectivity index (χ1n) is 13.2. The summed E-state index contributed by atoms with van der Waals surface area (Å²) in [6.07, 6.45) is 2.87. The van der Waals surface area contributed by atoms with E-state index in [1.54, 1.807) is 14.1 Å². The van der Waals surface area contributed by atoms with Crippen LogP contribution in [-0.2, 0) is 20.0 Å². The summed E-state index contributed by atoms with van der Waals surface area (Å²) in [5, 5.41) is 59.1. The molecule has 1 aromatic rings. The van der Waals surface area contributed by atoms with Gasteiger partial charge in [0.1, 0.15) is 22.8 Å². The maximum absolute atomic E-state index is 14.1. The molecule has 4 aliphatic rings. The SMILES string of the molecule is CN(C)[C@@H]1C(=O)C(C(=O)NCN2CCCCC2)=C(O)[C@@]2(O)C(=O)C3=C(O)c4c(O)cccc4[C@@](C)(O)[C@H]3C[C@@H]12. The standard InChI is InChI=1S/C28H35N3O8/c1-27(38)14-8-7-9-17(32)18(14)22(33)19-15(27)12-16-21(30(2)3)23(34)20(25(36)28(16,39)24(19)35)26(37)29-13-31-10-5-4-6-11-31/h7-9,15-16,21,32-33,36,38-39H,4-6,10-13H2,1-3H3,(H,29,37)/t15-,16-,21-,27+,28-/m0/s1.